The average molecular weight is 382 g/mol. The van der Waals surface area contributed by atoms with Gasteiger partial charge in [-0.1, -0.05) is 24.3 Å². The first-order chi connectivity index (χ1) is 11.9. The number of anilines is 1. The average Bonchev–Trinajstić information content (AvgIpc) is 2.59. The van der Waals surface area contributed by atoms with Crippen molar-refractivity contribution in [3.63, 3.8) is 0 Å². The van der Waals surface area contributed by atoms with Gasteiger partial charge in [-0.2, -0.15) is 16.5 Å². The number of amides is 1. The van der Waals surface area contributed by atoms with E-state index >= 15 is 0 Å². The number of rotatable bonds is 8. The molecule has 1 atom stereocenters. The van der Waals surface area contributed by atoms with Gasteiger partial charge in [0.2, 0.25) is 15.9 Å². The van der Waals surface area contributed by atoms with Gasteiger partial charge in [-0.15, -0.1) is 0 Å². The van der Waals surface area contributed by atoms with Gasteiger partial charge in [0.1, 0.15) is 11.9 Å². The van der Waals surface area contributed by atoms with Crippen molar-refractivity contribution in [3.05, 3.63) is 60.4 Å². The molecule has 0 radical (unpaired) electrons. The number of carbonyl (C=O) groups is 1. The lowest BCUT2D eigenvalue weighted by molar-refractivity contribution is -0.117. The van der Waals surface area contributed by atoms with Gasteiger partial charge in [-0.05, 0) is 48.8 Å². The number of sulfonamides is 1. The summed E-state index contributed by atoms with van der Waals surface area (Å²) >= 11 is 1.50. The summed E-state index contributed by atoms with van der Waals surface area (Å²) in [6, 6.07) is 12.3. The molecule has 1 unspecified atom stereocenters. The van der Waals surface area contributed by atoms with Crippen molar-refractivity contribution in [1.29, 1.82) is 0 Å². The molecule has 0 saturated heterocycles. The number of benzene rings is 2. The van der Waals surface area contributed by atoms with Crippen LogP contribution in [0.4, 0.5) is 10.1 Å². The van der Waals surface area contributed by atoms with Gasteiger partial charge in [0.15, 0.2) is 0 Å². The van der Waals surface area contributed by atoms with Crippen LogP contribution >= 0.6 is 11.8 Å². The van der Waals surface area contributed by atoms with Crippen LogP contribution in [-0.2, 0) is 14.8 Å². The number of hydrogen-bond donors (Lipinski definition) is 2. The van der Waals surface area contributed by atoms with Crippen molar-refractivity contribution in [2.45, 2.75) is 17.4 Å². The van der Waals surface area contributed by atoms with Crippen molar-refractivity contribution in [3.8, 4) is 0 Å². The molecule has 0 fully saturated rings. The van der Waals surface area contributed by atoms with Gasteiger partial charge >= 0.3 is 0 Å². The van der Waals surface area contributed by atoms with E-state index in [9.17, 15) is 17.6 Å². The van der Waals surface area contributed by atoms with Gasteiger partial charge in [0.05, 0.1) is 4.90 Å². The van der Waals surface area contributed by atoms with Crippen LogP contribution in [0.15, 0.2) is 59.5 Å². The molecular weight excluding hydrogens is 363 g/mol. The number of nitrogens with one attached hydrogen (secondary N) is 2. The Morgan fingerprint density at radius 3 is 2.52 bits per heavy atom. The maximum absolute atomic E-state index is 13.2. The largest absolute Gasteiger partial charge is 0.325 e. The highest BCUT2D eigenvalue weighted by atomic mass is 32.2. The predicted molar refractivity (Wildman–Crippen MR) is 98.6 cm³/mol. The molecule has 0 aliphatic rings. The Bertz CT molecular complexity index is 814. The van der Waals surface area contributed by atoms with Gasteiger partial charge in [0, 0.05) is 5.69 Å². The molecule has 8 heteroatoms. The quantitative estimate of drug-likeness (QED) is 0.736. The highest BCUT2D eigenvalue weighted by molar-refractivity contribution is 7.98. The molecule has 1 amide bonds. The van der Waals surface area contributed by atoms with E-state index in [4.69, 9.17) is 0 Å². The molecule has 25 heavy (non-hydrogen) atoms. The number of thioether (sulfide) groups is 1. The summed E-state index contributed by atoms with van der Waals surface area (Å²) in [6.45, 7) is 0. The minimum absolute atomic E-state index is 0.0858. The van der Waals surface area contributed by atoms with Gasteiger partial charge in [-0.25, -0.2) is 12.8 Å². The molecule has 2 aromatic rings. The third-order valence-electron chi connectivity index (χ3n) is 3.37. The summed E-state index contributed by atoms with van der Waals surface area (Å²) in [4.78, 5) is 12.6. The Morgan fingerprint density at radius 1 is 1.16 bits per heavy atom. The molecule has 2 aromatic carbocycles. The van der Waals surface area contributed by atoms with Gasteiger partial charge in [-0.3, -0.25) is 4.79 Å². The molecule has 2 N–H and O–H groups in total. The lowest BCUT2D eigenvalue weighted by atomic mass is 10.2. The maximum atomic E-state index is 13.2. The molecule has 0 aromatic heterocycles. The number of carbonyl (C=O) groups excluding carboxylic acids is 1. The van der Waals surface area contributed by atoms with E-state index in [1.165, 1.54) is 48.2 Å². The third-order valence-corrected chi connectivity index (χ3v) is 5.50. The summed E-state index contributed by atoms with van der Waals surface area (Å²) in [5.74, 6) is -0.416. The van der Waals surface area contributed by atoms with Crippen molar-refractivity contribution >= 4 is 33.4 Å². The third kappa shape index (κ3) is 5.84. The van der Waals surface area contributed by atoms with E-state index in [1.54, 1.807) is 18.2 Å². The zero-order valence-corrected chi connectivity index (χ0v) is 15.2. The van der Waals surface area contributed by atoms with Crippen LogP contribution in [0.2, 0.25) is 0 Å². The maximum Gasteiger partial charge on any atom is 0.242 e. The van der Waals surface area contributed by atoms with E-state index < -0.39 is 27.8 Å². The second kappa shape index (κ2) is 8.98. The molecule has 0 spiro atoms. The van der Waals surface area contributed by atoms with Crippen LogP contribution in [0.25, 0.3) is 0 Å². The summed E-state index contributed by atoms with van der Waals surface area (Å²) in [5.41, 5.74) is 0.276. The van der Waals surface area contributed by atoms with Crippen molar-refractivity contribution in [2.75, 3.05) is 17.3 Å². The normalized spacial score (nSPS) is 12.6. The highest BCUT2D eigenvalue weighted by Crippen LogP contribution is 2.13. The summed E-state index contributed by atoms with van der Waals surface area (Å²) in [5, 5.41) is 2.55. The molecule has 0 bridgehead atoms. The number of halogens is 1. The van der Waals surface area contributed by atoms with E-state index in [0.717, 1.165) is 0 Å². The predicted octanol–water partition coefficient (Wildman–Crippen LogP) is 2.86. The van der Waals surface area contributed by atoms with Gasteiger partial charge in [0.25, 0.3) is 0 Å². The SMILES string of the molecule is CSCCC(NS(=O)(=O)c1ccccc1)C(=O)Nc1cccc(F)c1. The second-order valence-electron chi connectivity index (χ2n) is 5.27. The first kappa shape index (κ1) is 19.4. The zero-order valence-electron chi connectivity index (χ0n) is 13.6. The van der Waals surface area contributed by atoms with Crippen molar-refractivity contribution in [1.82, 2.24) is 4.72 Å². The van der Waals surface area contributed by atoms with E-state index in [0.29, 0.717) is 12.2 Å². The molecule has 0 aliphatic carbocycles. The topological polar surface area (TPSA) is 75.3 Å². The van der Waals surface area contributed by atoms with Crippen LogP contribution in [0.3, 0.4) is 0 Å². The van der Waals surface area contributed by atoms with E-state index in [2.05, 4.69) is 10.0 Å². The minimum Gasteiger partial charge on any atom is -0.325 e. The fourth-order valence-corrected chi connectivity index (χ4v) is 3.85. The Labute approximate surface area is 151 Å². The first-order valence-corrected chi connectivity index (χ1v) is 10.4. The fourth-order valence-electron chi connectivity index (χ4n) is 2.13. The second-order valence-corrected chi connectivity index (χ2v) is 7.97. The van der Waals surface area contributed by atoms with Crippen molar-refractivity contribution in [2.24, 2.45) is 0 Å². The standard InChI is InChI=1S/C17H19FN2O3S2/c1-24-11-10-16(17(21)19-14-7-5-6-13(18)12-14)20-25(22,23)15-8-3-2-4-9-15/h2-9,12,16,20H,10-11H2,1H3,(H,19,21). The summed E-state index contributed by atoms with van der Waals surface area (Å²) < 4.78 is 40.6. The molecular formula is C17H19FN2O3S2. The Hall–Kier alpha value is -1.90. The molecule has 2 rings (SSSR count). The van der Waals surface area contributed by atoms with Crippen LogP contribution in [0, 0.1) is 5.82 Å². The van der Waals surface area contributed by atoms with Gasteiger partial charge < -0.3 is 5.32 Å². The zero-order chi connectivity index (χ0) is 18.3. The summed E-state index contributed by atoms with van der Waals surface area (Å²) in [7, 11) is -3.83. The lowest BCUT2D eigenvalue weighted by Gasteiger charge is -2.18. The number of hydrogen-bond acceptors (Lipinski definition) is 4. The minimum atomic E-state index is -3.83. The highest BCUT2D eigenvalue weighted by Gasteiger charge is 2.25. The van der Waals surface area contributed by atoms with Crippen LogP contribution in [0.1, 0.15) is 6.42 Å². The summed E-state index contributed by atoms with van der Waals surface area (Å²) in [6.07, 6.45) is 2.18. The molecule has 5 nitrogen and oxygen atoms in total. The van der Waals surface area contributed by atoms with Crippen LogP contribution in [-0.4, -0.2) is 32.4 Å². The van der Waals surface area contributed by atoms with Crippen LogP contribution in [0.5, 0.6) is 0 Å². The molecule has 0 heterocycles. The first-order valence-electron chi connectivity index (χ1n) is 7.55. The molecule has 134 valence electrons. The lowest BCUT2D eigenvalue weighted by Crippen LogP contribution is -2.44. The monoisotopic (exact) mass is 382 g/mol. The smallest absolute Gasteiger partial charge is 0.242 e. The molecule has 0 saturated carbocycles. The van der Waals surface area contributed by atoms with Crippen molar-refractivity contribution < 1.29 is 17.6 Å². The van der Waals surface area contributed by atoms with Crippen LogP contribution < -0.4 is 10.0 Å². The van der Waals surface area contributed by atoms with E-state index in [-0.39, 0.29) is 10.6 Å². The Kier molecular flexibility index (Phi) is 6.98. The Balaban J connectivity index is 2.16. The Morgan fingerprint density at radius 2 is 1.88 bits per heavy atom. The fraction of sp³-hybridized carbons (Fsp3) is 0.235. The van der Waals surface area contributed by atoms with E-state index in [1.807, 2.05) is 6.26 Å². The molecule has 0 aliphatic heterocycles.